The number of benzene rings is 9. The Balaban J connectivity index is 1.03. The second-order valence-corrected chi connectivity index (χ2v) is 19.1. The molecule has 0 N–H and O–H groups in total. The molecule has 4 nitrogen and oxygen atoms in total. The fourth-order valence-corrected chi connectivity index (χ4v) is 10.2. The molecule has 1 aliphatic carbocycles. The fraction of sp³-hybridized carbons (Fsp3) is 0.131. The summed E-state index contributed by atoms with van der Waals surface area (Å²) in [5, 5.41) is 6.72. The molecule has 0 bridgehead atoms. The minimum Gasteiger partial charge on any atom is -0.456 e. The quantitative estimate of drug-likeness (QED) is 0.157. The Bertz CT molecular complexity index is 3640. The molecule has 0 atom stereocenters. The molecule has 65 heavy (non-hydrogen) atoms. The fourth-order valence-electron chi connectivity index (χ4n) is 10.2. The molecule has 0 saturated heterocycles. The summed E-state index contributed by atoms with van der Waals surface area (Å²) in [6.45, 7) is 9.55. The first-order chi connectivity index (χ1) is 31.6. The molecule has 0 amide bonds. The van der Waals surface area contributed by atoms with E-state index in [0.717, 1.165) is 66.3 Å². The van der Waals surface area contributed by atoms with E-state index >= 15 is 0 Å². The van der Waals surface area contributed by atoms with Crippen LogP contribution in [0.3, 0.4) is 0 Å². The van der Waals surface area contributed by atoms with E-state index in [1.807, 2.05) is 18.2 Å². The number of nitrogens with zero attached hydrogens (tertiary/aromatic N) is 3. The van der Waals surface area contributed by atoms with Gasteiger partial charge in [-0.3, -0.25) is 0 Å². The van der Waals surface area contributed by atoms with Gasteiger partial charge >= 0.3 is 0 Å². The highest BCUT2D eigenvalue weighted by molar-refractivity contribution is 6.13. The normalized spacial score (nSPS) is 14.3. The Morgan fingerprint density at radius 3 is 1.63 bits per heavy atom. The molecular weight excluding hydrogens is 791 g/mol. The minimum absolute atomic E-state index is 0.141. The molecule has 1 aliphatic rings. The Morgan fingerprint density at radius 2 is 0.877 bits per heavy atom. The third-order valence-corrected chi connectivity index (χ3v) is 14.0. The average molecular weight is 838 g/mol. The van der Waals surface area contributed by atoms with E-state index in [1.165, 1.54) is 51.3 Å². The van der Waals surface area contributed by atoms with Gasteiger partial charge in [-0.1, -0.05) is 191 Å². The van der Waals surface area contributed by atoms with Crippen molar-refractivity contribution in [2.45, 2.75) is 51.4 Å². The number of hydrogen-bond donors (Lipinski definition) is 0. The van der Waals surface area contributed by atoms with Crippen molar-refractivity contribution in [3.8, 4) is 67.5 Å². The van der Waals surface area contributed by atoms with Crippen molar-refractivity contribution in [2.24, 2.45) is 0 Å². The first-order valence-corrected chi connectivity index (χ1v) is 22.7. The van der Waals surface area contributed by atoms with Crippen molar-refractivity contribution >= 4 is 43.5 Å². The number of aromatic nitrogens is 3. The largest absolute Gasteiger partial charge is 0.456 e. The molecular formula is C61H47N3O. The lowest BCUT2D eigenvalue weighted by Crippen LogP contribution is -2.33. The van der Waals surface area contributed by atoms with E-state index in [1.54, 1.807) is 0 Å². The molecule has 0 saturated carbocycles. The third kappa shape index (κ3) is 6.80. The smallest absolute Gasteiger partial charge is 0.164 e. The van der Waals surface area contributed by atoms with E-state index in [2.05, 4.69) is 198 Å². The highest BCUT2D eigenvalue weighted by Gasteiger charge is 2.37. The summed E-state index contributed by atoms with van der Waals surface area (Å²) in [5.41, 5.74) is 14.5. The van der Waals surface area contributed by atoms with Gasteiger partial charge in [0.25, 0.3) is 0 Å². The number of hydrogen-bond acceptors (Lipinski definition) is 4. The second-order valence-electron chi connectivity index (χ2n) is 19.1. The predicted molar refractivity (Wildman–Crippen MR) is 270 cm³/mol. The summed E-state index contributed by atoms with van der Waals surface area (Å²) in [6, 6.07) is 67.1. The van der Waals surface area contributed by atoms with Crippen LogP contribution in [-0.2, 0) is 10.8 Å². The number of fused-ring (bicyclic) bond motifs is 7. The van der Waals surface area contributed by atoms with E-state index in [4.69, 9.17) is 19.4 Å². The highest BCUT2D eigenvalue weighted by Crippen LogP contribution is 2.47. The molecule has 2 heterocycles. The minimum atomic E-state index is 0.141. The molecule has 0 spiro atoms. The number of furan rings is 1. The van der Waals surface area contributed by atoms with Crippen molar-refractivity contribution in [3.63, 3.8) is 0 Å². The van der Waals surface area contributed by atoms with Gasteiger partial charge in [-0.05, 0) is 114 Å². The molecule has 0 fully saturated rings. The Kier molecular flexibility index (Phi) is 8.96. The Hall–Kier alpha value is -7.69. The Labute approximate surface area is 379 Å². The maximum atomic E-state index is 6.66. The number of rotatable bonds is 6. The predicted octanol–water partition coefficient (Wildman–Crippen LogP) is 16.4. The molecule has 12 rings (SSSR count). The van der Waals surface area contributed by atoms with Gasteiger partial charge in [0.1, 0.15) is 11.2 Å². The Morgan fingerprint density at radius 1 is 0.354 bits per heavy atom. The van der Waals surface area contributed by atoms with Crippen LogP contribution in [-0.4, -0.2) is 15.0 Å². The van der Waals surface area contributed by atoms with E-state index < -0.39 is 0 Å². The van der Waals surface area contributed by atoms with E-state index in [-0.39, 0.29) is 10.8 Å². The van der Waals surface area contributed by atoms with Gasteiger partial charge in [0.2, 0.25) is 0 Å². The third-order valence-electron chi connectivity index (χ3n) is 14.0. The van der Waals surface area contributed by atoms with Crippen molar-refractivity contribution in [3.05, 3.63) is 199 Å². The zero-order chi connectivity index (χ0) is 43.9. The molecule has 11 aromatic rings. The molecule has 2 aromatic heterocycles. The second kappa shape index (κ2) is 15.0. The molecule has 0 radical (unpaired) electrons. The monoisotopic (exact) mass is 837 g/mol. The van der Waals surface area contributed by atoms with Crippen LogP contribution in [0.5, 0.6) is 0 Å². The summed E-state index contributed by atoms with van der Waals surface area (Å²) in [4.78, 5) is 15.9. The summed E-state index contributed by atoms with van der Waals surface area (Å²) in [6.07, 6.45) is 2.39. The summed E-state index contributed by atoms with van der Waals surface area (Å²) >= 11 is 0. The van der Waals surface area contributed by atoms with E-state index in [0.29, 0.717) is 17.5 Å². The number of para-hydroxylation sites is 1. The SMILES string of the molecule is CC1(C)CCC(C)(C)c2cc(-c3ccc(-c4cc(-c5nc(-c6ccc(-c7ccccc7)cc6)nc(-c6ccc7ccc8ccccc8c7c6)n5)c5c(c4)oc4ccccc45)cc3)ccc21. The van der Waals surface area contributed by atoms with Crippen LogP contribution in [0, 0.1) is 0 Å². The van der Waals surface area contributed by atoms with Gasteiger partial charge in [0.15, 0.2) is 17.5 Å². The first-order valence-electron chi connectivity index (χ1n) is 22.7. The van der Waals surface area contributed by atoms with Crippen LogP contribution in [0.25, 0.3) is 111 Å². The van der Waals surface area contributed by atoms with Crippen LogP contribution in [0.4, 0.5) is 0 Å². The lowest BCUT2D eigenvalue weighted by Gasteiger charge is -2.42. The van der Waals surface area contributed by atoms with Crippen molar-refractivity contribution < 1.29 is 4.42 Å². The standard InChI is InChI=1S/C61H47N3O/c1-60(2)32-33-61(3,4)53-36-45(30-31-52(53)60)40-18-20-41(21-19-40)47-35-51(56-49-16-10-11-17-54(49)65-55(56)37-47)59-63-57(44-27-22-39(23-28-44)38-12-6-5-7-13-38)62-58(64-59)46-29-26-43-25-24-42-14-8-9-15-48(42)50(43)34-46/h5-31,34-37H,32-33H2,1-4H3. The van der Waals surface area contributed by atoms with Gasteiger partial charge in [0.05, 0.1) is 0 Å². The van der Waals surface area contributed by atoms with Gasteiger partial charge in [-0.2, -0.15) is 0 Å². The zero-order valence-corrected chi connectivity index (χ0v) is 37.1. The molecule has 312 valence electrons. The summed E-state index contributed by atoms with van der Waals surface area (Å²) in [7, 11) is 0. The van der Waals surface area contributed by atoms with Crippen LogP contribution in [0.2, 0.25) is 0 Å². The van der Waals surface area contributed by atoms with Crippen molar-refractivity contribution in [1.29, 1.82) is 0 Å². The van der Waals surface area contributed by atoms with Crippen LogP contribution < -0.4 is 0 Å². The van der Waals surface area contributed by atoms with Crippen molar-refractivity contribution in [2.75, 3.05) is 0 Å². The van der Waals surface area contributed by atoms with Crippen LogP contribution >= 0.6 is 0 Å². The first kappa shape index (κ1) is 38.9. The van der Waals surface area contributed by atoms with Crippen LogP contribution in [0.15, 0.2) is 192 Å². The maximum Gasteiger partial charge on any atom is 0.164 e. The molecule has 4 heteroatoms. The summed E-state index contributed by atoms with van der Waals surface area (Å²) in [5.74, 6) is 1.80. The lowest BCUT2D eigenvalue weighted by molar-refractivity contribution is 0.332. The topological polar surface area (TPSA) is 51.8 Å². The maximum absolute atomic E-state index is 6.66. The zero-order valence-electron chi connectivity index (χ0n) is 37.1. The molecule has 0 aliphatic heterocycles. The lowest BCUT2D eigenvalue weighted by atomic mass is 9.63. The van der Waals surface area contributed by atoms with Gasteiger partial charge in [-0.15, -0.1) is 0 Å². The van der Waals surface area contributed by atoms with Gasteiger partial charge in [-0.25, -0.2) is 15.0 Å². The summed E-state index contributed by atoms with van der Waals surface area (Å²) < 4.78 is 6.66. The highest BCUT2D eigenvalue weighted by atomic mass is 16.3. The van der Waals surface area contributed by atoms with E-state index in [9.17, 15) is 0 Å². The molecule has 9 aromatic carbocycles. The van der Waals surface area contributed by atoms with Gasteiger partial charge in [0, 0.05) is 27.5 Å². The van der Waals surface area contributed by atoms with Crippen molar-refractivity contribution in [1.82, 2.24) is 15.0 Å². The van der Waals surface area contributed by atoms with Crippen LogP contribution in [0.1, 0.15) is 51.7 Å². The van der Waals surface area contributed by atoms with Gasteiger partial charge < -0.3 is 4.42 Å². The molecule has 0 unspecified atom stereocenters. The average Bonchev–Trinajstić information content (AvgIpc) is 3.74.